The van der Waals surface area contributed by atoms with Crippen LogP contribution in [0.25, 0.3) is 21.6 Å². The molecule has 4 rings (SSSR count). The Kier molecular flexibility index (Phi) is 5.12. The van der Waals surface area contributed by atoms with Crippen LogP contribution in [0, 0.1) is 0 Å². The van der Waals surface area contributed by atoms with Crippen LogP contribution in [0.3, 0.4) is 0 Å². The Bertz CT molecular complexity index is 1110. The van der Waals surface area contributed by atoms with E-state index in [1.165, 1.54) is 16.7 Å². The molecule has 0 saturated carbocycles. The number of aromatic nitrogens is 2. The van der Waals surface area contributed by atoms with Gasteiger partial charge >= 0.3 is 0 Å². The number of nitrogens with one attached hydrogen (secondary N) is 1. The van der Waals surface area contributed by atoms with Crippen molar-refractivity contribution in [2.24, 2.45) is 7.05 Å². The maximum atomic E-state index is 12.4. The lowest BCUT2D eigenvalue weighted by Crippen LogP contribution is -2.25. The number of thiazole rings is 1. The number of carbonyl (C=O) groups excluding carboxylic acids is 1. The lowest BCUT2D eigenvalue weighted by Gasteiger charge is -2.05. The molecule has 0 radical (unpaired) electrons. The third-order valence-electron chi connectivity index (χ3n) is 4.77. The van der Waals surface area contributed by atoms with Gasteiger partial charge in [0, 0.05) is 29.9 Å². The average Bonchev–Trinajstić information content (AvgIpc) is 3.34. The maximum absolute atomic E-state index is 12.4. The number of hydrogen-bond acceptors (Lipinski definition) is 4. The lowest BCUT2D eigenvalue weighted by molar-refractivity contribution is 0.0950. The van der Waals surface area contributed by atoms with Crippen molar-refractivity contribution in [3.63, 3.8) is 0 Å². The number of para-hydroxylation sites is 1. The molecule has 0 aliphatic rings. The SMILES string of the molecule is COc1ccc(CCNC(=O)c2csc(-c3cc4ccccc4n3C)n2)cc1. The summed E-state index contributed by atoms with van der Waals surface area (Å²) in [5, 5.41) is 6.78. The number of rotatable bonds is 6. The Morgan fingerprint density at radius 1 is 1.18 bits per heavy atom. The Hall–Kier alpha value is -3.12. The highest BCUT2D eigenvalue weighted by Gasteiger charge is 2.15. The number of amides is 1. The van der Waals surface area contributed by atoms with E-state index in [2.05, 4.69) is 33.1 Å². The molecule has 1 N–H and O–H groups in total. The van der Waals surface area contributed by atoms with Crippen molar-refractivity contribution in [3.8, 4) is 16.5 Å². The second-order valence-electron chi connectivity index (χ2n) is 6.54. The Labute approximate surface area is 167 Å². The first-order valence-corrected chi connectivity index (χ1v) is 9.95. The van der Waals surface area contributed by atoms with E-state index in [1.54, 1.807) is 7.11 Å². The van der Waals surface area contributed by atoms with E-state index in [1.807, 2.05) is 48.8 Å². The van der Waals surface area contributed by atoms with Gasteiger partial charge in [0.25, 0.3) is 5.91 Å². The van der Waals surface area contributed by atoms with E-state index < -0.39 is 0 Å². The fourth-order valence-electron chi connectivity index (χ4n) is 3.19. The Morgan fingerprint density at radius 3 is 2.71 bits per heavy atom. The van der Waals surface area contributed by atoms with Gasteiger partial charge in [-0.15, -0.1) is 11.3 Å². The number of aryl methyl sites for hydroxylation is 1. The van der Waals surface area contributed by atoms with Crippen LogP contribution < -0.4 is 10.1 Å². The fourth-order valence-corrected chi connectivity index (χ4v) is 4.04. The summed E-state index contributed by atoms with van der Waals surface area (Å²) in [6.07, 6.45) is 0.760. The van der Waals surface area contributed by atoms with Gasteiger partial charge in [-0.25, -0.2) is 4.98 Å². The summed E-state index contributed by atoms with van der Waals surface area (Å²) in [7, 11) is 3.67. The number of methoxy groups -OCH3 is 1. The Morgan fingerprint density at radius 2 is 1.96 bits per heavy atom. The van der Waals surface area contributed by atoms with Crippen molar-refractivity contribution in [3.05, 3.63) is 71.2 Å². The number of fused-ring (bicyclic) bond motifs is 1. The second-order valence-corrected chi connectivity index (χ2v) is 7.40. The molecule has 4 aromatic rings. The van der Waals surface area contributed by atoms with E-state index in [4.69, 9.17) is 4.74 Å². The zero-order chi connectivity index (χ0) is 19.5. The van der Waals surface area contributed by atoms with Gasteiger partial charge in [0.15, 0.2) is 0 Å². The molecule has 0 aliphatic carbocycles. The summed E-state index contributed by atoms with van der Waals surface area (Å²) < 4.78 is 7.27. The van der Waals surface area contributed by atoms with E-state index >= 15 is 0 Å². The number of carbonyl (C=O) groups is 1. The number of benzene rings is 2. The molecule has 0 aliphatic heterocycles. The highest BCUT2D eigenvalue weighted by molar-refractivity contribution is 7.13. The molecule has 2 heterocycles. The molecule has 5 nitrogen and oxygen atoms in total. The molecule has 1 amide bonds. The minimum Gasteiger partial charge on any atom is -0.497 e. The smallest absolute Gasteiger partial charge is 0.270 e. The predicted molar refractivity (Wildman–Crippen MR) is 113 cm³/mol. The molecule has 142 valence electrons. The van der Waals surface area contributed by atoms with Crippen molar-refractivity contribution >= 4 is 28.1 Å². The van der Waals surface area contributed by atoms with Gasteiger partial charge in [0.2, 0.25) is 0 Å². The van der Waals surface area contributed by atoms with E-state index in [0.29, 0.717) is 12.2 Å². The van der Waals surface area contributed by atoms with Crippen LogP contribution in [0.4, 0.5) is 0 Å². The van der Waals surface area contributed by atoms with Crippen molar-refractivity contribution < 1.29 is 9.53 Å². The van der Waals surface area contributed by atoms with Gasteiger partial charge in [0.1, 0.15) is 16.5 Å². The van der Waals surface area contributed by atoms with Crippen molar-refractivity contribution in [2.45, 2.75) is 6.42 Å². The molecule has 0 bridgehead atoms. The summed E-state index contributed by atoms with van der Waals surface area (Å²) in [5.41, 5.74) is 3.78. The van der Waals surface area contributed by atoms with Crippen LogP contribution in [-0.2, 0) is 13.5 Å². The molecular weight excluding hydrogens is 370 g/mol. The highest BCUT2D eigenvalue weighted by atomic mass is 32.1. The van der Waals surface area contributed by atoms with Gasteiger partial charge in [0.05, 0.1) is 12.8 Å². The molecule has 0 saturated heterocycles. The molecule has 28 heavy (non-hydrogen) atoms. The normalized spacial score (nSPS) is 10.9. The third-order valence-corrected chi connectivity index (χ3v) is 5.63. The fraction of sp³-hybridized carbons (Fsp3) is 0.182. The highest BCUT2D eigenvalue weighted by Crippen LogP contribution is 2.29. The van der Waals surface area contributed by atoms with Crippen LogP contribution in [0.1, 0.15) is 16.1 Å². The van der Waals surface area contributed by atoms with E-state index in [-0.39, 0.29) is 5.91 Å². The Balaban J connectivity index is 1.41. The van der Waals surface area contributed by atoms with Gasteiger partial charge < -0.3 is 14.6 Å². The third kappa shape index (κ3) is 3.64. The van der Waals surface area contributed by atoms with Crippen LogP contribution in [0.5, 0.6) is 5.75 Å². The summed E-state index contributed by atoms with van der Waals surface area (Å²) in [5.74, 6) is 0.686. The summed E-state index contributed by atoms with van der Waals surface area (Å²) in [6, 6.07) is 18.2. The maximum Gasteiger partial charge on any atom is 0.270 e. The van der Waals surface area contributed by atoms with E-state index in [0.717, 1.165) is 34.0 Å². The van der Waals surface area contributed by atoms with Gasteiger partial charge in [-0.1, -0.05) is 30.3 Å². The molecular formula is C22H21N3O2S. The largest absolute Gasteiger partial charge is 0.497 e. The van der Waals surface area contributed by atoms with Crippen LogP contribution in [0.15, 0.2) is 60.0 Å². The van der Waals surface area contributed by atoms with Crippen molar-refractivity contribution in [1.29, 1.82) is 0 Å². The lowest BCUT2D eigenvalue weighted by atomic mass is 10.1. The topological polar surface area (TPSA) is 56.1 Å². The molecule has 0 unspecified atom stereocenters. The molecule has 0 atom stereocenters. The van der Waals surface area contributed by atoms with Crippen LogP contribution in [-0.4, -0.2) is 29.1 Å². The van der Waals surface area contributed by atoms with Crippen LogP contribution >= 0.6 is 11.3 Å². The predicted octanol–water partition coefficient (Wildman–Crippen LogP) is 4.28. The minimum atomic E-state index is -0.144. The summed E-state index contributed by atoms with van der Waals surface area (Å²) >= 11 is 1.49. The molecule has 6 heteroatoms. The first-order chi connectivity index (χ1) is 13.7. The van der Waals surface area contributed by atoms with E-state index in [9.17, 15) is 4.79 Å². The quantitative estimate of drug-likeness (QED) is 0.534. The number of ether oxygens (including phenoxy) is 1. The average molecular weight is 391 g/mol. The van der Waals surface area contributed by atoms with Crippen molar-refractivity contribution in [2.75, 3.05) is 13.7 Å². The second kappa shape index (κ2) is 7.86. The zero-order valence-electron chi connectivity index (χ0n) is 15.8. The number of hydrogen-bond donors (Lipinski definition) is 1. The first kappa shape index (κ1) is 18.3. The minimum absolute atomic E-state index is 0.144. The molecule has 0 fully saturated rings. The van der Waals surface area contributed by atoms with Gasteiger partial charge in [-0.2, -0.15) is 0 Å². The zero-order valence-corrected chi connectivity index (χ0v) is 16.6. The van der Waals surface area contributed by atoms with Gasteiger partial charge in [-0.05, 0) is 36.2 Å². The first-order valence-electron chi connectivity index (χ1n) is 9.07. The monoisotopic (exact) mass is 391 g/mol. The van der Waals surface area contributed by atoms with Crippen LogP contribution in [0.2, 0.25) is 0 Å². The molecule has 0 spiro atoms. The van der Waals surface area contributed by atoms with Crippen molar-refractivity contribution in [1.82, 2.24) is 14.9 Å². The molecule has 2 aromatic heterocycles. The summed E-state index contributed by atoms with van der Waals surface area (Å²) in [6.45, 7) is 0.562. The molecule has 2 aromatic carbocycles. The number of nitrogens with zero attached hydrogens (tertiary/aromatic N) is 2. The summed E-state index contributed by atoms with van der Waals surface area (Å²) in [4.78, 5) is 17.0. The standard InChI is InChI=1S/C22H21N3O2S/c1-25-19-6-4-3-5-16(19)13-20(25)22-24-18(14-28-22)21(26)23-12-11-15-7-9-17(27-2)10-8-15/h3-10,13-14H,11-12H2,1-2H3,(H,23,26). The van der Waals surface area contributed by atoms with Gasteiger partial charge in [-0.3, -0.25) is 4.79 Å².